The summed E-state index contributed by atoms with van der Waals surface area (Å²) in [6, 6.07) is 9.48. The van der Waals surface area contributed by atoms with Gasteiger partial charge in [0.15, 0.2) is 0 Å². The molecule has 2 atom stereocenters. The van der Waals surface area contributed by atoms with Crippen molar-refractivity contribution in [2.24, 2.45) is 0 Å². The van der Waals surface area contributed by atoms with E-state index >= 15 is 0 Å². The molecule has 1 aromatic carbocycles. The van der Waals surface area contributed by atoms with E-state index in [4.69, 9.17) is 0 Å². The molecular formula is C15H20ClIN2O. The maximum Gasteiger partial charge on any atom is 0.253 e. The monoisotopic (exact) mass is 406 g/mol. The number of amides is 1. The third kappa shape index (κ3) is 3.28. The molecule has 2 aliphatic rings. The fourth-order valence-corrected chi connectivity index (χ4v) is 3.66. The molecule has 110 valence electrons. The second kappa shape index (κ2) is 6.62. The van der Waals surface area contributed by atoms with Crippen molar-refractivity contribution in [3.63, 3.8) is 0 Å². The van der Waals surface area contributed by atoms with Gasteiger partial charge in [-0.1, -0.05) is 0 Å². The lowest BCUT2D eigenvalue weighted by atomic mass is 9.98. The fourth-order valence-electron chi connectivity index (χ4n) is 3.31. The van der Waals surface area contributed by atoms with Crippen LogP contribution in [0.15, 0.2) is 24.3 Å². The van der Waals surface area contributed by atoms with Gasteiger partial charge in [0.25, 0.3) is 5.91 Å². The number of carbonyl (C=O) groups is 1. The van der Waals surface area contributed by atoms with Gasteiger partial charge in [0, 0.05) is 34.3 Å². The number of benzene rings is 1. The Morgan fingerprint density at radius 3 is 2.30 bits per heavy atom. The Bertz CT molecular complexity index is 467. The third-order valence-corrected chi connectivity index (χ3v) is 5.13. The minimum atomic E-state index is 0. The van der Waals surface area contributed by atoms with Gasteiger partial charge in [0.2, 0.25) is 0 Å². The molecule has 2 bridgehead atoms. The molecule has 0 spiro atoms. The van der Waals surface area contributed by atoms with Gasteiger partial charge in [0.05, 0.1) is 0 Å². The number of fused-ring (bicyclic) bond motifs is 2. The molecule has 3 nitrogen and oxygen atoms in total. The third-order valence-electron chi connectivity index (χ3n) is 4.41. The van der Waals surface area contributed by atoms with Crippen molar-refractivity contribution in [2.45, 2.75) is 43.8 Å². The van der Waals surface area contributed by atoms with E-state index in [9.17, 15) is 4.79 Å². The quantitative estimate of drug-likeness (QED) is 0.766. The Labute approximate surface area is 140 Å². The predicted octanol–water partition coefficient (Wildman–Crippen LogP) is 3.07. The molecule has 5 heteroatoms. The smallest absolute Gasteiger partial charge is 0.253 e. The summed E-state index contributed by atoms with van der Waals surface area (Å²) in [5.41, 5.74) is 0.800. The van der Waals surface area contributed by atoms with Crippen molar-refractivity contribution in [1.82, 2.24) is 10.2 Å². The number of hydrogen-bond acceptors (Lipinski definition) is 2. The molecule has 20 heavy (non-hydrogen) atoms. The van der Waals surface area contributed by atoms with E-state index in [0.29, 0.717) is 18.1 Å². The summed E-state index contributed by atoms with van der Waals surface area (Å²) in [5, 5.41) is 3.62. The van der Waals surface area contributed by atoms with Gasteiger partial charge in [-0.15, -0.1) is 12.4 Å². The topological polar surface area (TPSA) is 32.3 Å². The number of carbonyl (C=O) groups excluding carboxylic acids is 1. The predicted molar refractivity (Wildman–Crippen MR) is 91.5 cm³/mol. The Morgan fingerprint density at radius 1 is 1.20 bits per heavy atom. The second-order valence-corrected chi connectivity index (χ2v) is 6.93. The summed E-state index contributed by atoms with van der Waals surface area (Å²) in [6.45, 7) is 0. The average molecular weight is 407 g/mol. The molecule has 0 radical (unpaired) electrons. The summed E-state index contributed by atoms with van der Waals surface area (Å²) in [5.74, 6) is 0.155. The van der Waals surface area contributed by atoms with E-state index in [1.54, 1.807) is 0 Å². The molecular weight excluding hydrogens is 387 g/mol. The highest BCUT2D eigenvalue weighted by atomic mass is 127. The zero-order chi connectivity index (χ0) is 13.4. The molecule has 0 aliphatic carbocycles. The molecule has 2 saturated heterocycles. The largest absolute Gasteiger partial charge is 0.339 e. The maximum absolute atomic E-state index is 12.5. The molecule has 1 amide bonds. The first-order valence-electron chi connectivity index (χ1n) is 6.92. The second-order valence-electron chi connectivity index (χ2n) is 5.69. The van der Waals surface area contributed by atoms with Crippen LogP contribution >= 0.6 is 35.0 Å². The summed E-state index contributed by atoms with van der Waals surface area (Å²) < 4.78 is 1.16. The highest BCUT2D eigenvalue weighted by Gasteiger charge is 2.36. The summed E-state index contributed by atoms with van der Waals surface area (Å²) >= 11 is 2.26. The Hall–Kier alpha value is -0.330. The summed E-state index contributed by atoms with van der Waals surface area (Å²) in [4.78, 5) is 14.4. The highest BCUT2D eigenvalue weighted by molar-refractivity contribution is 14.1. The lowest BCUT2D eigenvalue weighted by molar-refractivity contribution is 0.0681. The van der Waals surface area contributed by atoms with Gasteiger partial charge in [-0.05, 0) is 72.5 Å². The lowest BCUT2D eigenvalue weighted by Crippen LogP contribution is -2.48. The van der Waals surface area contributed by atoms with E-state index in [1.165, 1.54) is 12.8 Å². The van der Waals surface area contributed by atoms with E-state index in [2.05, 4.69) is 27.9 Å². The lowest BCUT2D eigenvalue weighted by Gasteiger charge is -2.35. The summed E-state index contributed by atoms with van der Waals surface area (Å²) in [6.07, 6.45) is 4.74. The minimum Gasteiger partial charge on any atom is -0.339 e. The average Bonchev–Trinajstić information content (AvgIpc) is 2.76. The maximum atomic E-state index is 12.5. The van der Waals surface area contributed by atoms with Crippen LogP contribution in [0.2, 0.25) is 0 Å². The minimum absolute atomic E-state index is 0. The number of nitrogens with one attached hydrogen (secondary N) is 1. The van der Waals surface area contributed by atoms with E-state index in [-0.39, 0.29) is 18.3 Å². The summed E-state index contributed by atoms with van der Waals surface area (Å²) in [7, 11) is 1.95. The molecule has 0 saturated carbocycles. The van der Waals surface area contributed by atoms with Crippen molar-refractivity contribution in [1.29, 1.82) is 0 Å². The molecule has 2 aliphatic heterocycles. The van der Waals surface area contributed by atoms with Crippen LogP contribution in [0.1, 0.15) is 36.0 Å². The van der Waals surface area contributed by atoms with Crippen molar-refractivity contribution >= 4 is 40.9 Å². The van der Waals surface area contributed by atoms with Crippen LogP contribution in [0.4, 0.5) is 0 Å². The van der Waals surface area contributed by atoms with Gasteiger partial charge in [-0.25, -0.2) is 0 Å². The van der Waals surface area contributed by atoms with Crippen molar-refractivity contribution in [3.8, 4) is 0 Å². The van der Waals surface area contributed by atoms with Crippen molar-refractivity contribution in [2.75, 3.05) is 7.05 Å². The Balaban J connectivity index is 0.00000147. The SMILES string of the molecule is CN(C(=O)c1ccc(I)cc1)C1CC2CCC(C1)N2.Cl. The molecule has 3 rings (SSSR count). The van der Waals surface area contributed by atoms with Crippen molar-refractivity contribution in [3.05, 3.63) is 33.4 Å². The van der Waals surface area contributed by atoms with E-state index in [1.807, 2.05) is 36.2 Å². The Kier molecular flexibility index (Phi) is 5.31. The molecule has 2 unspecified atom stereocenters. The van der Waals surface area contributed by atoms with Gasteiger partial charge in [-0.2, -0.15) is 0 Å². The molecule has 1 aromatic rings. The van der Waals surface area contributed by atoms with Gasteiger partial charge in [-0.3, -0.25) is 4.79 Å². The van der Waals surface area contributed by atoms with Gasteiger partial charge < -0.3 is 10.2 Å². The standard InChI is InChI=1S/C15H19IN2O.ClH/c1-18(14-8-12-6-7-13(9-14)17-12)15(19)10-2-4-11(16)5-3-10;/h2-5,12-14,17H,6-9H2,1H3;1H. The number of rotatable bonds is 2. The first-order valence-corrected chi connectivity index (χ1v) is 8.00. The number of halogens is 2. The molecule has 2 heterocycles. The van der Waals surface area contributed by atoms with Gasteiger partial charge in [0.1, 0.15) is 0 Å². The molecule has 0 aromatic heterocycles. The fraction of sp³-hybridized carbons (Fsp3) is 0.533. The first kappa shape index (κ1) is 16.0. The normalized spacial score (nSPS) is 27.8. The molecule has 2 fully saturated rings. The molecule has 1 N–H and O–H groups in total. The number of piperidine rings is 1. The number of nitrogens with zero attached hydrogens (tertiary/aromatic N) is 1. The van der Waals surface area contributed by atoms with Crippen LogP contribution in [0.25, 0.3) is 0 Å². The zero-order valence-electron chi connectivity index (χ0n) is 11.5. The van der Waals surface area contributed by atoms with Crippen LogP contribution in [0.3, 0.4) is 0 Å². The van der Waals surface area contributed by atoms with Crippen LogP contribution in [0, 0.1) is 3.57 Å². The van der Waals surface area contributed by atoms with Crippen LogP contribution in [-0.2, 0) is 0 Å². The van der Waals surface area contributed by atoms with Gasteiger partial charge >= 0.3 is 0 Å². The first-order chi connectivity index (χ1) is 9.13. The van der Waals surface area contributed by atoms with Crippen molar-refractivity contribution < 1.29 is 4.79 Å². The van der Waals surface area contributed by atoms with E-state index in [0.717, 1.165) is 22.0 Å². The highest BCUT2D eigenvalue weighted by Crippen LogP contribution is 2.29. The van der Waals surface area contributed by atoms with E-state index < -0.39 is 0 Å². The van der Waals surface area contributed by atoms with Crippen LogP contribution in [-0.4, -0.2) is 36.0 Å². The van der Waals surface area contributed by atoms with Crippen LogP contribution in [0.5, 0.6) is 0 Å². The zero-order valence-corrected chi connectivity index (χ0v) is 14.5. The Morgan fingerprint density at radius 2 is 1.75 bits per heavy atom. The van der Waals surface area contributed by atoms with Crippen LogP contribution < -0.4 is 5.32 Å². The number of hydrogen-bond donors (Lipinski definition) is 1.